The van der Waals surface area contributed by atoms with Crippen LogP contribution in [0.25, 0.3) is 0 Å². The van der Waals surface area contributed by atoms with E-state index in [1.165, 1.54) is 0 Å². The second-order valence-electron chi connectivity index (χ2n) is 7.98. The summed E-state index contributed by atoms with van der Waals surface area (Å²) >= 11 is 0. The number of nitrogens with one attached hydrogen (secondary N) is 2. The Labute approximate surface area is 196 Å². The van der Waals surface area contributed by atoms with Gasteiger partial charge in [-0.15, -0.1) is 24.8 Å². The van der Waals surface area contributed by atoms with E-state index in [0.717, 1.165) is 50.1 Å². The van der Waals surface area contributed by atoms with Crippen LogP contribution in [-0.2, 0) is 11.3 Å². The van der Waals surface area contributed by atoms with Crippen LogP contribution in [0.4, 0.5) is 0 Å². The van der Waals surface area contributed by atoms with E-state index in [0.29, 0.717) is 24.8 Å². The number of piperidine rings is 1. The zero-order chi connectivity index (χ0) is 20.1. The summed E-state index contributed by atoms with van der Waals surface area (Å²) in [5.41, 5.74) is 1.11. The molecule has 0 radical (unpaired) electrons. The number of amides is 1. The minimum Gasteiger partial charge on any atom is -0.494 e. The van der Waals surface area contributed by atoms with Crippen LogP contribution in [-0.4, -0.2) is 30.6 Å². The highest BCUT2D eigenvalue weighted by molar-refractivity contribution is 5.85. The fraction of sp³-hybridized carbons (Fsp3) is 0.478. The summed E-state index contributed by atoms with van der Waals surface area (Å²) in [6.07, 6.45) is 5.89. The summed E-state index contributed by atoms with van der Waals surface area (Å²) in [6.45, 7) is 5.24. The number of carbonyl (C=O) groups excluding carboxylic acids is 1. The van der Waals surface area contributed by atoms with Crippen molar-refractivity contribution in [2.75, 3.05) is 19.7 Å². The lowest BCUT2D eigenvalue weighted by Crippen LogP contribution is -2.33. The van der Waals surface area contributed by atoms with Gasteiger partial charge in [0.15, 0.2) is 0 Å². The molecular weight excluding hydrogens is 437 g/mol. The SMILES string of the molecule is CCCOc1ccc(Oc2ncccc2CNC(=O)C2CC23CCNCC3)cc1.Cl.Cl. The molecule has 2 heterocycles. The van der Waals surface area contributed by atoms with E-state index in [2.05, 4.69) is 22.5 Å². The molecule has 2 N–H and O–H groups in total. The van der Waals surface area contributed by atoms with E-state index >= 15 is 0 Å². The Kier molecular flexibility index (Phi) is 9.41. The molecule has 1 aliphatic carbocycles. The number of carbonyl (C=O) groups is 1. The molecule has 1 saturated carbocycles. The number of aromatic nitrogens is 1. The van der Waals surface area contributed by atoms with Crippen molar-refractivity contribution in [3.05, 3.63) is 48.2 Å². The van der Waals surface area contributed by atoms with Crippen LogP contribution in [0.5, 0.6) is 17.4 Å². The van der Waals surface area contributed by atoms with Gasteiger partial charge in [0.1, 0.15) is 11.5 Å². The first kappa shape index (κ1) is 25.2. The number of nitrogens with zero attached hydrogens (tertiary/aromatic N) is 1. The minimum atomic E-state index is 0. The molecule has 2 aliphatic rings. The maximum atomic E-state index is 12.6. The summed E-state index contributed by atoms with van der Waals surface area (Å²) in [7, 11) is 0. The van der Waals surface area contributed by atoms with Gasteiger partial charge in [-0.1, -0.05) is 13.0 Å². The molecule has 1 amide bonds. The molecule has 1 unspecified atom stereocenters. The Morgan fingerprint density at radius 3 is 2.58 bits per heavy atom. The fourth-order valence-electron chi connectivity index (χ4n) is 4.09. The van der Waals surface area contributed by atoms with Crippen LogP contribution in [0.2, 0.25) is 0 Å². The van der Waals surface area contributed by atoms with Crippen molar-refractivity contribution in [1.29, 1.82) is 0 Å². The molecule has 1 aromatic heterocycles. The summed E-state index contributed by atoms with van der Waals surface area (Å²) in [5.74, 6) is 2.34. The summed E-state index contributed by atoms with van der Waals surface area (Å²) < 4.78 is 11.6. The molecule has 6 nitrogen and oxygen atoms in total. The van der Waals surface area contributed by atoms with Crippen LogP contribution in [0.1, 0.15) is 38.2 Å². The largest absolute Gasteiger partial charge is 0.494 e. The van der Waals surface area contributed by atoms with E-state index in [1.54, 1.807) is 6.20 Å². The highest BCUT2D eigenvalue weighted by Crippen LogP contribution is 2.58. The fourth-order valence-corrected chi connectivity index (χ4v) is 4.09. The number of rotatable bonds is 8. The van der Waals surface area contributed by atoms with Gasteiger partial charge in [-0.05, 0) is 74.5 Å². The van der Waals surface area contributed by atoms with E-state index in [-0.39, 0.29) is 42.1 Å². The first-order chi connectivity index (χ1) is 14.2. The van der Waals surface area contributed by atoms with Crippen LogP contribution in [0, 0.1) is 11.3 Å². The van der Waals surface area contributed by atoms with Crippen molar-refractivity contribution in [2.24, 2.45) is 11.3 Å². The van der Waals surface area contributed by atoms with Gasteiger partial charge < -0.3 is 20.1 Å². The molecule has 1 aliphatic heterocycles. The summed E-state index contributed by atoms with van der Waals surface area (Å²) in [4.78, 5) is 17.0. The average molecular weight is 468 g/mol. The Morgan fingerprint density at radius 2 is 1.87 bits per heavy atom. The van der Waals surface area contributed by atoms with Crippen LogP contribution < -0.4 is 20.1 Å². The quantitative estimate of drug-likeness (QED) is 0.597. The summed E-state index contributed by atoms with van der Waals surface area (Å²) in [6, 6.07) is 11.3. The van der Waals surface area contributed by atoms with E-state index in [9.17, 15) is 4.79 Å². The molecule has 1 saturated heterocycles. The minimum absolute atomic E-state index is 0. The zero-order valence-corrected chi connectivity index (χ0v) is 19.4. The maximum Gasteiger partial charge on any atom is 0.224 e. The molecule has 1 aromatic carbocycles. The van der Waals surface area contributed by atoms with Gasteiger partial charge in [0.2, 0.25) is 11.8 Å². The molecule has 4 rings (SSSR count). The highest BCUT2D eigenvalue weighted by Gasteiger charge is 2.57. The molecule has 31 heavy (non-hydrogen) atoms. The number of halogens is 2. The standard InChI is InChI=1S/C23H29N3O3.2ClH/c1-2-14-28-18-5-7-19(8-6-18)29-22-17(4-3-11-25-22)16-26-21(27)20-15-23(20)9-12-24-13-10-23;;/h3-8,11,20,24H,2,9-10,12-16H2,1H3,(H,26,27);2*1H. The number of hydrogen-bond donors (Lipinski definition) is 2. The van der Waals surface area contributed by atoms with Gasteiger partial charge in [-0.25, -0.2) is 4.98 Å². The van der Waals surface area contributed by atoms with Crippen LogP contribution in [0.15, 0.2) is 42.6 Å². The topological polar surface area (TPSA) is 72.5 Å². The smallest absolute Gasteiger partial charge is 0.224 e. The lowest BCUT2D eigenvalue weighted by atomic mass is 9.92. The van der Waals surface area contributed by atoms with Gasteiger partial charge in [-0.3, -0.25) is 4.79 Å². The Hall–Kier alpha value is -2.02. The van der Waals surface area contributed by atoms with Crippen molar-refractivity contribution in [3.8, 4) is 17.4 Å². The monoisotopic (exact) mass is 467 g/mol. The number of hydrogen-bond acceptors (Lipinski definition) is 5. The first-order valence-electron chi connectivity index (χ1n) is 10.5. The Morgan fingerprint density at radius 1 is 1.16 bits per heavy atom. The number of pyridine rings is 1. The average Bonchev–Trinajstić information content (AvgIpc) is 3.45. The van der Waals surface area contributed by atoms with Crippen LogP contribution in [0.3, 0.4) is 0 Å². The highest BCUT2D eigenvalue weighted by atomic mass is 35.5. The lowest BCUT2D eigenvalue weighted by molar-refractivity contribution is -0.123. The van der Waals surface area contributed by atoms with Crippen molar-refractivity contribution in [1.82, 2.24) is 15.6 Å². The Bertz CT molecular complexity index is 842. The molecular formula is C23H31Cl2N3O3. The van der Waals surface area contributed by atoms with Crippen molar-refractivity contribution >= 4 is 30.7 Å². The molecule has 1 atom stereocenters. The van der Waals surface area contributed by atoms with Gasteiger partial charge >= 0.3 is 0 Å². The van der Waals surface area contributed by atoms with E-state index < -0.39 is 0 Å². The second-order valence-corrected chi connectivity index (χ2v) is 7.98. The van der Waals surface area contributed by atoms with Crippen LogP contribution >= 0.6 is 24.8 Å². The second kappa shape index (κ2) is 11.6. The maximum absolute atomic E-state index is 12.6. The number of benzene rings is 1. The van der Waals surface area contributed by atoms with Gasteiger partial charge in [-0.2, -0.15) is 0 Å². The van der Waals surface area contributed by atoms with Crippen molar-refractivity contribution < 1.29 is 14.3 Å². The van der Waals surface area contributed by atoms with Gasteiger partial charge in [0.25, 0.3) is 0 Å². The Balaban J connectivity index is 0.00000171. The molecule has 8 heteroatoms. The third-order valence-corrected chi connectivity index (χ3v) is 5.92. The molecule has 170 valence electrons. The predicted octanol–water partition coefficient (Wildman–Crippen LogP) is 4.51. The molecule has 0 bridgehead atoms. The zero-order valence-electron chi connectivity index (χ0n) is 17.8. The molecule has 2 fully saturated rings. The predicted molar refractivity (Wildman–Crippen MR) is 126 cm³/mol. The summed E-state index contributed by atoms with van der Waals surface area (Å²) in [5, 5.41) is 6.47. The van der Waals surface area contributed by atoms with E-state index in [4.69, 9.17) is 9.47 Å². The molecule has 2 aromatic rings. The normalized spacial score (nSPS) is 18.3. The third kappa shape index (κ3) is 6.25. The number of ether oxygens (including phenoxy) is 2. The first-order valence-corrected chi connectivity index (χ1v) is 10.5. The molecule has 1 spiro atoms. The van der Waals surface area contributed by atoms with Gasteiger partial charge in [0, 0.05) is 24.2 Å². The van der Waals surface area contributed by atoms with Crippen molar-refractivity contribution in [2.45, 2.75) is 39.2 Å². The third-order valence-electron chi connectivity index (χ3n) is 5.92. The lowest BCUT2D eigenvalue weighted by Gasteiger charge is -2.23. The van der Waals surface area contributed by atoms with Gasteiger partial charge in [0.05, 0.1) is 6.61 Å². The van der Waals surface area contributed by atoms with Crippen molar-refractivity contribution in [3.63, 3.8) is 0 Å². The van der Waals surface area contributed by atoms with E-state index in [1.807, 2.05) is 36.4 Å².